The number of rotatable bonds is 17. The number of unbranched alkanes of at least 4 members (excludes halogenated alkanes) is 1. The Morgan fingerprint density at radius 1 is 0.927 bits per heavy atom. The first-order chi connectivity index (χ1) is 19.8. The monoisotopic (exact) mass is 675 g/mol. The van der Waals surface area contributed by atoms with Crippen LogP contribution in [0.2, 0.25) is 0 Å². The van der Waals surface area contributed by atoms with E-state index in [1.807, 2.05) is 20.0 Å². The summed E-state index contributed by atoms with van der Waals surface area (Å²) in [5, 5.41) is 3.57. The Hall–Kier alpha value is -1.92. The second-order valence-electron chi connectivity index (χ2n) is 10.6. The lowest BCUT2D eigenvalue weighted by Crippen LogP contribution is -2.36. The highest BCUT2D eigenvalue weighted by atomic mass is 127. The molecule has 0 saturated heterocycles. The molecule has 0 aliphatic heterocycles. The highest BCUT2D eigenvalue weighted by molar-refractivity contribution is 14.1. The molecule has 0 saturated carbocycles. The summed E-state index contributed by atoms with van der Waals surface area (Å²) in [5.41, 5.74) is 6.16. The minimum absolute atomic E-state index is 0.672. The van der Waals surface area contributed by atoms with Crippen molar-refractivity contribution in [2.45, 2.75) is 92.5 Å². The molecule has 2 atom stereocenters. The number of halogens is 1. The molecule has 1 aromatic carbocycles. The number of hydrogen-bond acceptors (Lipinski definition) is 3. The first-order valence-electron chi connectivity index (χ1n) is 15.5. The molecule has 0 bridgehead atoms. The summed E-state index contributed by atoms with van der Waals surface area (Å²) in [7, 11) is 2.29. The summed E-state index contributed by atoms with van der Waals surface area (Å²) in [6.45, 7) is 31.6. The van der Waals surface area contributed by atoms with Crippen LogP contribution in [0.3, 0.4) is 0 Å². The molecule has 2 aromatic rings. The quantitative estimate of drug-likeness (QED) is 0.0783. The van der Waals surface area contributed by atoms with Gasteiger partial charge in [0.1, 0.15) is 0 Å². The van der Waals surface area contributed by atoms with Crippen LogP contribution in [0.25, 0.3) is 11.1 Å². The molecule has 41 heavy (non-hydrogen) atoms. The smallest absolute Gasteiger partial charge is 0.0401 e. The van der Waals surface area contributed by atoms with E-state index in [1.165, 1.54) is 52.5 Å². The number of benzene rings is 1. The summed E-state index contributed by atoms with van der Waals surface area (Å²) in [4.78, 5) is 7.08. The molecule has 1 N–H and O–H groups in total. The molecule has 3 nitrogen and oxygen atoms in total. The van der Waals surface area contributed by atoms with Crippen LogP contribution in [0.15, 0.2) is 81.2 Å². The largest absolute Gasteiger partial charge is 0.389 e. The van der Waals surface area contributed by atoms with Crippen LogP contribution in [0.1, 0.15) is 84.9 Å². The van der Waals surface area contributed by atoms with Crippen LogP contribution in [0, 0.1) is 11.8 Å². The summed E-state index contributed by atoms with van der Waals surface area (Å²) in [5.74, 6) is 1.52. The molecular weight excluding hydrogens is 613 g/mol. The molecule has 0 amide bonds. The molecule has 0 fully saturated rings. The van der Waals surface area contributed by atoms with Crippen molar-refractivity contribution in [3.8, 4) is 11.1 Å². The van der Waals surface area contributed by atoms with E-state index in [-0.39, 0.29) is 0 Å². The molecule has 4 heteroatoms. The molecule has 0 aliphatic carbocycles. The fraction of sp³-hybridized carbons (Fsp3) is 0.541. The van der Waals surface area contributed by atoms with Gasteiger partial charge in [-0.1, -0.05) is 101 Å². The SMILES string of the molecule is C=C.C=C.C=C(CCN(C)C(CC(C)C)CC(C)CI)NCCCCc1ccc(-c2ccc(CC)nc2)cc1.CC. The van der Waals surface area contributed by atoms with Gasteiger partial charge in [-0.25, -0.2) is 0 Å². The predicted octanol–water partition coefficient (Wildman–Crippen LogP) is 10.6. The number of alkyl halides is 1. The van der Waals surface area contributed by atoms with E-state index in [9.17, 15) is 0 Å². The highest BCUT2D eigenvalue weighted by Crippen LogP contribution is 2.21. The third-order valence-electron chi connectivity index (χ3n) is 6.81. The summed E-state index contributed by atoms with van der Waals surface area (Å²) < 4.78 is 1.24. The third kappa shape index (κ3) is 19.0. The maximum Gasteiger partial charge on any atom is 0.0401 e. The summed E-state index contributed by atoms with van der Waals surface area (Å²) >= 11 is 2.52. The van der Waals surface area contributed by atoms with Crippen molar-refractivity contribution in [3.63, 3.8) is 0 Å². The average Bonchev–Trinajstić information content (AvgIpc) is 3.02. The van der Waals surface area contributed by atoms with E-state index in [0.29, 0.717) is 6.04 Å². The maximum atomic E-state index is 4.52. The van der Waals surface area contributed by atoms with Gasteiger partial charge in [-0.2, -0.15) is 0 Å². The molecule has 2 unspecified atom stereocenters. The molecular formula is C37H62IN3. The zero-order valence-corrected chi connectivity index (χ0v) is 29.8. The van der Waals surface area contributed by atoms with E-state index in [1.54, 1.807) is 0 Å². The summed E-state index contributed by atoms with van der Waals surface area (Å²) in [6, 6.07) is 13.9. The number of nitrogens with zero attached hydrogens (tertiary/aromatic N) is 2. The highest BCUT2D eigenvalue weighted by Gasteiger charge is 2.19. The lowest BCUT2D eigenvalue weighted by molar-refractivity contribution is 0.188. The van der Waals surface area contributed by atoms with Crippen LogP contribution in [-0.4, -0.2) is 40.5 Å². The zero-order valence-electron chi connectivity index (χ0n) is 27.7. The van der Waals surface area contributed by atoms with Gasteiger partial charge in [-0.15, -0.1) is 26.3 Å². The van der Waals surface area contributed by atoms with Gasteiger partial charge >= 0.3 is 0 Å². The minimum Gasteiger partial charge on any atom is -0.389 e. The number of aromatic nitrogens is 1. The zero-order chi connectivity index (χ0) is 31.6. The first kappa shape index (κ1) is 41.2. The Kier molecular flexibility index (Phi) is 27.1. The van der Waals surface area contributed by atoms with Crippen LogP contribution in [0.5, 0.6) is 0 Å². The average molecular weight is 676 g/mol. The predicted molar refractivity (Wildman–Crippen MR) is 196 cm³/mol. The second kappa shape index (κ2) is 26.9. The molecule has 0 aliphatic rings. The molecule has 0 spiro atoms. The first-order valence-corrected chi connectivity index (χ1v) is 17.1. The van der Waals surface area contributed by atoms with Gasteiger partial charge in [0, 0.05) is 46.7 Å². The van der Waals surface area contributed by atoms with Crippen LogP contribution < -0.4 is 5.32 Å². The maximum absolute atomic E-state index is 4.52. The Labute approximate surface area is 269 Å². The van der Waals surface area contributed by atoms with Crippen molar-refractivity contribution in [3.05, 3.63) is 92.4 Å². The van der Waals surface area contributed by atoms with Crippen molar-refractivity contribution in [2.75, 3.05) is 24.6 Å². The fourth-order valence-electron chi connectivity index (χ4n) is 4.50. The third-order valence-corrected chi connectivity index (χ3v) is 8.32. The number of pyridine rings is 1. The van der Waals surface area contributed by atoms with Crippen LogP contribution >= 0.6 is 22.6 Å². The molecule has 2 rings (SSSR count). The standard InChI is InChI=1S/C31H48IN3.C2H6.2C2H4/c1-7-30-16-15-29(23-34-30)28-13-11-27(12-14-28)10-8-9-18-33-26(5)17-19-35(6)31(20-24(2)3)21-25(4)22-32;3*1-2/h11-16,23-25,31,33H,5,7-10,17-22H2,1-4,6H3;1-2H3;2*1-2H2. The minimum atomic E-state index is 0.672. The van der Waals surface area contributed by atoms with E-state index in [0.717, 1.165) is 49.9 Å². The van der Waals surface area contributed by atoms with Gasteiger partial charge < -0.3 is 10.2 Å². The van der Waals surface area contributed by atoms with E-state index in [4.69, 9.17) is 0 Å². The van der Waals surface area contributed by atoms with Gasteiger partial charge in [-0.05, 0) is 81.0 Å². The van der Waals surface area contributed by atoms with Gasteiger partial charge in [0.2, 0.25) is 0 Å². The van der Waals surface area contributed by atoms with Crippen molar-refractivity contribution >= 4 is 22.6 Å². The second-order valence-corrected chi connectivity index (χ2v) is 11.5. The molecule has 232 valence electrons. The lowest BCUT2D eigenvalue weighted by Gasteiger charge is -2.31. The normalized spacial score (nSPS) is 11.7. The van der Waals surface area contributed by atoms with Crippen molar-refractivity contribution in [2.24, 2.45) is 11.8 Å². The van der Waals surface area contributed by atoms with Gasteiger partial charge in [-0.3, -0.25) is 4.98 Å². The van der Waals surface area contributed by atoms with Gasteiger partial charge in [0.15, 0.2) is 0 Å². The number of nitrogens with one attached hydrogen (secondary N) is 1. The van der Waals surface area contributed by atoms with E-state index in [2.05, 4.69) is 142 Å². The number of aryl methyl sites for hydroxylation is 2. The molecule has 0 radical (unpaired) electrons. The topological polar surface area (TPSA) is 28.2 Å². The lowest BCUT2D eigenvalue weighted by atomic mass is 9.94. The number of hydrogen-bond donors (Lipinski definition) is 1. The van der Waals surface area contributed by atoms with E-state index < -0.39 is 0 Å². The van der Waals surface area contributed by atoms with Crippen molar-refractivity contribution in [1.82, 2.24) is 15.2 Å². The van der Waals surface area contributed by atoms with Gasteiger partial charge in [0.05, 0.1) is 0 Å². The van der Waals surface area contributed by atoms with Crippen molar-refractivity contribution < 1.29 is 0 Å². The van der Waals surface area contributed by atoms with Crippen LogP contribution in [0.4, 0.5) is 0 Å². The fourth-order valence-corrected chi connectivity index (χ4v) is 4.86. The summed E-state index contributed by atoms with van der Waals surface area (Å²) in [6.07, 6.45) is 10.0. The van der Waals surface area contributed by atoms with E-state index >= 15 is 0 Å². The van der Waals surface area contributed by atoms with Gasteiger partial charge in [0.25, 0.3) is 0 Å². The van der Waals surface area contributed by atoms with Crippen LogP contribution in [-0.2, 0) is 12.8 Å². The Morgan fingerprint density at radius 2 is 1.54 bits per heavy atom. The van der Waals surface area contributed by atoms with Crippen molar-refractivity contribution in [1.29, 1.82) is 0 Å². The molecule has 1 heterocycles. The molecule has 1 aromatic heterocycles. The Bertz CT molecular complexity index is 874. The Morgan fingerprint density at radius 3 is 2.05 bits per heavy atom. The Balaban J connectivity index is 0.